The Balaban J connectivity index is 1.72. The first kappa shape index (κ1) is 20.8. The third-order valence-corrected chi connectivity index (χ3v) is 6.49. The third kappa shape index (κ3) is 3.54. The molecule has 1 N–H and O–H groups in total. The fraction of sp³-hybridized carbons (Fsp3) is 0.0800. The zero-order chi connectivity index (χ0) is 23.1. The number of ether oxygens (including phenoxy) is 1. The summed E-state index contributed by atoms with van der Waals surface area (Å²) in [5.74, 6) is -1.72. The molecule has 0 aliphatic carbocycles. The molecule has 0 bridgehead atoms. The lowest BCUT2D eigenvalue weighted by molar-refractivity contribution is -0.132. The highest BCUT2D eigenvalue weighted by Crippen LogP contribution is 2.44. The number of aliphatic hydroxyl groups is 1. The van der Waals surface area contributed by atoms with Gasteiger partial charge in [0.15, 0.2) is 5.13 Å². The summed E-state index contributed by atoms with van der Waals surface area (Å²) in [4.78, 5) is 32.1. The van der Waals surface area contributed by atoms with Gasteiger partial charge in [0.05, 0.1) is 28.9 Å². The zero-order valence-electron chi connectivity index (χ0n) is 17.4. The van der Waals surface area contributed by atoms with Crippen molar-refractivity contribution in [3.63, 3.8) is 0 Å². The topological polar surface area (TPSA) is 79.7 Å². The highest BCUT2D eigenvalue weighted by Gasteiger charge is 2.48. The quantitative estimate of drug-likeness (QED) is 0.261. The number of anilines is 1. The molecule has 8 heteroatoms. The molecule has 0 saturated carbocycles. The lowest BCUT2D eigenvalue weighted by Gasteiger charge is -2.23. The van der Waals surface area contributed by atoms with Gasteiger partial charge in [-0.1, -0.05) is 53.8 Å². The minimum atomic E-state index is -0.915. The van der Waals surface area contributed by atoms with Crippen molar-refractivity contribution < 1.29 is 23.8 Å². The summed E-state index contributed by atoms with van der Waals surface area (Å²) < 4.78 is 19.5. The number of thiazole rings is 1. The summed E-state index contributed by atoms with van der Waals surface area (Å²) in [6, 6.07) is 18.7. The summed E-state index contributed by atoms with van der Waals surface area (Å²) >= 11 is 1.10. The second kappa shape index (κ2) is 8.14. The lowest BCUT2D eigenvalue weighted by atomic mass is 9.95. The van der Waals surface area contributed by atoms with E-state index in [4.69, 9.17) is 4.74 Å². The van der Waals surface area contributed by atoms with Crippen molar-refractivity contribution in [2.45, 2.75) is 6.04 Å². The summed E-state index contributed by atoms with van der Waals surface area (Å²) in [7, 11) is 1.54. The van der Waals surface area contributed by atoms with Gasteiger partial charge in [-0.15, -0.1) is 0 Å². The van der Waals surface area contributed by atoms with Crippen LogP contribution >= 0.6 is 11.3 Å². The molecule has 0 spiro atoms. The normalized spacial score (nSPS) is 17.6. The van der Waals surface area contributed by atoms with Crippen LogP contribution in [0.25, 0.3) is 16.0 Å². The Morgan fingerprint density at radius 2 is 1.79 bits per heavy atom. The van der Waals surface area contributed by atoms with Gasteiger partial charge in [0.2, 0.25) is 0 Å². The van der Waals surface area contributed by atoms with Crippen molar-refractivity contribution in [3.8, 4) is 5.75 Å². The van der Waals surface area contributed by atoms with Gasteiger partial charge in [0, 0.05) is 5.56 Å². The Morgan fingerprint density at radius 3 is 2.48 bits per heavy atom. The van der Waals surface area contributed by atoms with Gasteiger partial charge in [-0.2, -0.15) is 0 Å². The predicted octanol–water partition coefficient (Wildman–Crippen LogP) is 5.07. The first-order valence-electron chi connectivity index (χ1n) is 10.0. The standard InChI is InChI=1S/C25H17FN2O4S/c1-32-17-10-7-14(8-11-17)21-20(22(29)15-5-3-2-4-6-15)23(30)24(31)28(21)25-27-18-12-9-16(26)13-19(18)33-25/h2-13,21,29H,1H3/t21-/m1/s1. The monoisotopic (exact) mass is 460 g/mol. The van der Waals surface area contributed by atoms with Crippen LogP contribution in [-0.2, 0) is 9.59 Å². The van der Waals surface area contributed by atoms with Gasteiger partial charge in [-0.05, 0) is 35.9 Å². The fourth-order valence-corrected chi connectivity index (χ4v) is 4.89. The molecule has 5 rings (SSSR count). The van der Waals surface area contributed by atoms with Crippen LogP contribution in [0.4, 0.5) is 9.52 Å². The van der Waals surface area contributed by atoms with Gasteiger partial charge in [-0.25, -0.2) is 9.37 Å². The molecule has 6 nitrogen and oxygen atoms in total. The number of nitrogens with zero attached hydrogens (tertiary/aromatic N) is 2. The van der Waals surface area contributed by atoms with Crippen LogP contribution in [-0.4, -0.2) is 28.9 Å². The summed E-state index contributed by atoms with van der Waals surface area (Å²) in [5, 5.41) is 11.3. The number of benzene rings is 3. The van der Waals surface area contributed by atoms with E-state index in [1.165, 1.54) is 30.2 Å². The maximum absolute atomic E-state index is 13.7. The number of methoxy groups -OCH3 is 1. The molecule has 2 heterocycles. The van der Waals surface area contributed by atoms with Crippen molar-refractivity contribution in [2.24, 2.45) is 0 Å². The van der Waals surface area contributed by atoms with Crippen LogP contribution in [0, 0.1) is 5.82 Å². The van der Waals surface area contributed by atoms with Crippen molar-refractivity contribution in [1.82, 2.24) is 4.98 Å². The smallest absolute Gasteiger partial charge is 0.301 e. The summed E-state index contributed by atoms with van der Waals surface area (Å²) in [6.45, 7) is 0. The minimum Gasteiger partial charge on any atom is -0.507 e. The fourth-order valence-electron chi connectivity index (χ4n) is 3.87. The number of rotatable bonds is 4. The average Bonchev–Trinajstić information content (AvgIpc) is 3.37. The average molecular weight is 460 g/mol. The van der Waals surface area contributed by atoms with E-state index < -0.39 is 23.5 Å². The van der Waals surface area contributed by atoms with Crippen LogP contribution in [0.15, 0.2) is 78.4 Å². The molecule has 33 heavy (non-hydrogen) atoms. The number of hydrogen-bond acceptors (Lipinski definition) is 6. The molecule has 1 aliphatic rings. The van der Waals surface area contributed by atoms with Gasteiger partial charge in [0.25, 0.3) is 5.78 Å². The Kier molecular flexibility index (Phi) is 5.14. The maximum Gasteiger partial charge on any atom is 0.301 e. The Hall–Kier alpha value is -4.04. The van der Waals surface area contributed by atoms with Crippen molar-refractivity contribution in [2.75, 3.05) is 12.0 Å². The van der Waals surface area contributed by atoms with Gasteiger partial charge >= 0.3 is 5.91 Å². The SMILES string of the molecule is COc1ccc([C@@H]2C(=C(O)c3ccccc3)C(=O)C(=O)N2c2nc3ccc(F)cc3s2)cc1. The minimum absolute atomic E-state index is 0.0400. The highest BCUT2D eigenvalue weighted by atomic mass is 32.1. The molecule has 1 fully saturated rings. The Morgan fingerprint density at radius 1 is 1.06 bits per heavy atom. The molecule has 1 aliphatic heterocycles. The molecule has 4 aromatic rings. The first-order chi connectivity index (χ1) is 16.0. The molecule has 1 amide bonds. The largest absolute Gasteiger partial charge is 0.507 e. The Bertz CT molecular complexity index is 1410. The zero-order valence-corrected chi connectivity index (χ0v) is 18.2. The van der Waals surface area contributed by atoms with Gasteiger partial charge in [-0.3, -0.25) is 14.5 Å². The molecule has 1 aromatic heterocycles. The van der Waals surface area contributed by atoms with Crippen LogP contribution in [0.2, 0.25) is 0 Å². The second-order valence-corrected chi connectivity index (χ2v) is 8.43. The van der Waals surface area contributed by atoms with Gasteiger partial charge in [0.1, 0.15) is 17.3 Å². The number of carbonyl (C=O) groups excluding carboxylic acids is 2. The van der Waals surface area contributed by atoms with Crippen molar-refractivity contribution in [1.29, 1.82) is 0 Å². The van der Waals surface area contributed by atoms with Crippen LogP contribution in [0.1, 0.15) is 17.2 Å². The molecule has 1 saturated heterocycles. The van der Waals surface area contributed by atoms with E-state index in [9.17, 15) is 19.1 Å². The summed E-state index contributed by atoms with van der Waals surface area (Å²) in [6.07, 6.45) is 0. The number of aliphatic hydroxyl groups excluding tert-OH is 1. The van der Waals surface area contributed by atoms with Crippen LogP contribution in [0.3, 0.4) is 0 Å². The third-order valence-electron chi connectivity index (χ3n) is 5.47. The number of hydrogen-bond donors (Lipinski definition) is 1. The molecule has 3 aromatic carbocycles. The van der Waals surface area contributed by atoms with E-state index in [1.807, 2.05) is 0 Å². The van der Waals surface area contributed by atoms with Crippen LogP contribution < -0.4 is 9.64 Å². The molecule has 1 atom stereocenters. The number of Topliss-reactive ketones (excluding diaryl/α,β-unsaturated/α-hetero) is 1. The number of ketones is 1. The van der Waals surface area contributed by atoms with Gasteiger partial charge < -0.3 is 9.84 Å². The van der Waals surface area contributed by atoms with Crippen molar-refractivity contribution in [3.05, 3.63) is 95.3 Å². The number of carbonyl (C=O) groups is 2. The number of halogens is 1. The Labute approximate surface area is 192 Å². The molecule has 164 valence electrons. The second-order valence-electron chi connectivity index (χ2n) is 7.42. The number of aromatic nitrogens is 1. The van der Waals surface area contributed by atoms with E-state index >= 15 is 0 Å². The van der Waals surface area contributed by atoms with Crippen LogP contribution in [0.5, 0.6) is 5.75 Å². The first-order valence-corrected chi connectivity index (χ1v) is 10.9. The van der Waals surface area contributed by atoms with Crippen molar-refractivity contribution >= 4 is 44.1 Å². The van der Waals surface area contributed by atoms with E-state index in [0.717, 1.165) is 11.3 Å². The number of fused-ring (bicyclic) bond motifs is 1. The van der Waals surface area contributed by atoms with E-state index in [-0.39, 0.29) is 16.5 Å². The molecular formula is C25H17FN2O4S. The lowest BCUT2D eigenvalue weighted by Crippen LogP contribution is -2.29. The molecule has 0 radical (unpaired) electrons. The predicted molar refractivity (Wildman–Crippen MR) is 124 cm³/mol. The number of amides is 1. The summed E-state index contributed by atoms with van der Waals surface area (Å²) in [5.41, 5.74) is 1.48. The molecule has 0 unspecified atom stereocenters. The van der Waals surface area contributed by atoms with E-state index in [0.29, 0.717) is 27.1 Å². The maximum atomic E-state index is 13.7. The highest BCUT2D eigenvalue weighted by molar-refractivity contribution is 7.22. The van der Waals surface area contributed by atoms with E-state index in [2.05, 4.69) is 4.98 Å². The van der Waals surface area contributed by atoms with E-state index in [1.54, 1.807) is 54.6 Å². The molecular weight excluding hydrogens is 443 g/mol.